The molecule has 0 unspecified atom stereocenters. The Kier molecular flexibility index (Phi) is 5.27. The van der Waals surface area contributed by atoms with Gasteiger partial charge in [-0.05, 0) is 31.2 Å². The van der Waals surface area contributed by atoms with Crippen LogP contribution in [-0.4, -0.2) is 22.6 Å². The molecule has 0 aliphatic carbocycles. The largest absolute Gasteiger partial charge is 0.493 e. The third-order valence-electron chi connectivity index (χ3n) is 3.45. The number of nitriles is 1. The number of methoxy groups -OCH3 is 2. The van der Waals surface area contributed by atoms with Crippen LogP contribution in [0.4, 0.5) is 0 Å². The van der Waals surface area contributed by atoms with E-state index in [1.54, 1.807) is 36.4 Å². The van der Waals surface area contributed by atoms with E-state index in [-0.39, 0.29) is 9.80 Å². The SMILES string of the molecule is COc1cccc(/C=C(/C#N)S(=O)(=O)c2ccc(C)cc2)c1OC. The van der Waals surface area contributed by atoms with E-state index in [1.807, 2.05) is 6.92 Å². The Bertz CT molecular complexity index is 907. The lowest BCUT2D eigenvalue weighted by Crippen LogP contribution is -2.04. The normalized spacial score (nSPS) is 11.7. The van der Waals surface area contributed by atoms with Gasteiger partial charge in [0.1, 0.15) is 11.0 Å². The summed E-state index contributed by atoms with van der Waals surface area (Å²) < 4.78 is 35.8. The molecule has 0 radical (unpaired) electrons. The molecular formula is C18H17NO4S. The fraction of sp³-hybridized carbons (Fsp3) is 0.167. The standard InChI is InChI=1S/C18H17NO4S/c1-13-7-9-15(10-8-13)24(20,21)16(12-19)11-14-5-4-6-17(22-2)18(14)23-3/h4-11H,1-3H3/b16-11-. The Morgan fingerprint density at radius 3 is 2.29 bits per heavy atom. The summed E-state index contributed by atoms with van der Waals surface area (Å²) in [4.78, 5) is -0.291. The second-order valence-corrected chi connectivity index (χ2v) is 6.94. The van der Waals surface area contributed by atoms with Crippen molar-refractivity contribution in [1.29, 1.82) is 5.26 Å². The number of nitrogens with zero attached hydrogens (tertiary/aromatic N) is 1. The molecule has 5 nitrogen and oxygen atoms in total. The summed E-state index contributed by atoms with van der Waals surface area (Å²) >= 11 is 0. The number of rotatable bonds is 5. The maximum atomic E-state index is 12.7. The van der Waals surface area contributed by atoms with Gasteiger partial charge in [0.25, 0.3) is 0 Å². The van der Waals surface area contributed by atoms with Gasteiger partial charge in [0.15, 0.2) is 11.5 Å². The zero-order chi connectivity index (χ0) is 17.7. The van der Waals surface area contributed by atoms with E-state index in [2.05, 4.69) is 0 Å². The minimum Gasteiger partial charge on any atom is -0.493 e. The Labute approximate surface area is 141 Å². The van der Waals surface area contributed by atoms with Crippen molar-refractivity contribution in [2.24, 2.45) is 0 Å². The van der Waals surface area contributed by atoms with E-state index in [0.717, 1.165) is 5.56 Å². The predicted molar refractivity (Wildman–Crippen MR) is 91.5 cm³/mol. The molecule has 0 atom stereocenters. The first-order chi connectivity index (χ1) is 11.4. The zero-order valence-electron chi connectivity index (χ0n) is 13.6. The Morgan fingerprint density at radius 2 is 1.75 bits per heavy atom. The summed E-state index contributed by atoms with van der Waals surface area (Å²) in [5, 5.41) is 9.36. The summed E-state index contributed by atoms with van der Waals surface area (Å²) in [7, 11) is -0.967. The van der Waals surface area contributed by atoms with Crippen molar-refractivity contribution in [2.75, 3.05) is 14.2 Å². The molecule has 0 heterocycles. The molecule has 0 aliphatic heterocycles. The Balaban J connectivity index is 2.58. The summed E-state index contributed by atoms with van der Waals surface area (Å²) in [6.45, 7) is 1.86. The van der Waals surface area contributed by atoms with E-state index >= 15 is 0 Å². The fourth-order valence-corrected chi connectivity index (χ4v) is 3.33. The topological polar surface area (TPSA) is 76.4 Å². The highest BCUT2D eigenvalue weighted by atomic mass is 32.2. The van der Waals surface area contributed by atoms with Gasteiger partial charge < -0.3 is 9.47 Å². The van der Waals surface area contributed by atoms with Gasteiger partial charge in [-0.25, -0.2) is 8.42 Å². The van der Waals surface area contributed by atoms with Crippen molar-refractivity contribution in [3.63, 3.8) is 0 Å². The summed E-state index contributed by atoms with van der Waals surface area (Å²) in [5.41, 5.74) is 1.38. The van der Waals surface area contributed by atoms with Crippen LogP contribution in [0.1, 0.15) is 11.1 Å². The number of sulfone groups is 1. The van der Waals surface area contributed by atoms with Crippen molar-refractivity contribution < 1.29 is 17.9 Å². The molecule has 124 valence electrons. The van der Waals surface area contributed by atoms with Crippen molar-refractivity contribution in [3.8, 4) is 17.6 Å². The molecule has 0 fully saturated rings. The van der Waals surface area contributed by atoms with Crippen molar-refractivity contribution in [1.82, 2.24) is 0 Å². The molecule has 0 saturated carbocycles. The van der Waals surface area contributed by atoms with Gasteiger partial charge in [-0.1, -0.05) is 29.8 Å². The fourth-order valence-electron chi connectivity index (χ4n) is 2.18. The second kappa shape index (κ2) is 7.20. The predicted octanol–water partition coefficient (Wildman–Crippen LogP) is 3.35. The number of hydrogen-bond donors (Lipinski definition) is 0. The average Bonchev–Trinajstić information content (AvgIpc) is 2.59. The summed E-state index contributed by atoms with van der Waals surface area (Å²) in [5.74, 6) is 0.822. The minimum absolute atomic E-state index is 0.0720. The van der Waals surface area contributed by atoms with Gasteiger partial charge in [0.05, 0.1) is 19.1 Å². The number of hydrogen-bond acceptors (Lipinski definition) is 5. The minimum atomic E-state index is -3.91. The summed E-state index contributed by atoms with van der Waals surface area (Å²) in [6, 6.07) is 13.2. The van der Waals surface area contributed by atoms with Crippen LogP contribution in [0, 0.1) is 18.3 Å². The lowest BCUT2D eigenvalue weighted by Gasteiger charge is -2.10. The third kappa shape index (κ3) is 3.42. The van der Waals surface area contributed by atoms with Crippen LogP contribution >= 0.6 is 0 Å². The number of para-hydroxylation sites is 1. The van der Waals surface area contributed by atoms with E-state index in [1.165, 1.54) is 32.4 Å². The zero-order valence-corrected chi connectivity index (χ0v) is 14.4. The lowest BCUT2D eigenvalue weighted by atomic mass is 10.1. The van der Waals surface area contributed by atoms with Crippen molar-refractivity contribution in [3.05, 3.63) is 58.5 Å². The van der Waals surface area contributed by atoms with Gasteiger partial charge in [0.2, 0.25) is 9.84 Å². The Morgan fingerprint density at radius 1 is 1.08 bits per heavy atom. The molecule has 2 aromatic carbocycles. The van der Waals surface area contributed by atoms with Crippen LogP contribution in [0.15, 0.2) is 52.3 Å². The van der Waals surface area contributed by atoms with Gasteiger partial charge in [0, 0.05) is 5.56 Å². The lowest BCUT2D eigenvalue weighted by molar-refractivity contribution is 0.354. The van der Waals surface area contributed by atoms with Crippen LogP contribution < -0.4 is 9.47 Å². The summed E-state index contributed by atoms with van der Waals surface area (Å²) in [6.07, 6.45) is 1.29. The second-order valence-electron chi connectivity index (χ2n) is 5.02. The molecule has 2 aromatic rings. The van der Waals surface area contributed by atoms with Crippen molar-refractivity contribution >= 4 is 15.9 Å². The van der Waals surface area contributed by atoms with Crippen LogP contribution in [0.5, 0.6) is 11.5 Å². The maximum absolute atomic E-state index is 12.7. The van der Waals surface area contributed by atoms with E-state index in [9.17, 15) is 13.7 Å². The van der Waals surface area contributed by atoms with Gasteiger partial charge in [-0.3, -0.25) is 0 Å². The molecule has 0 saturated heterocycles. The molecule has 6 heteroatoms. The molecular weight excluding hydrogens is 326 g/mol. The van der Waals surface area contributed by atoms with Crippen LogP contribution in [0.25, 0.3) is 6.08 Å². The first kappa shape index (κ1) is 17.6. The van der Waals surface area contributed by atoms with Gasteiger partial charge >= 0.3 is 0 Å². The maximum Gasteiger partial charge on any atom is 0.216 e. The number of allylic oxidation sites excluding steroid dienone is 1. The highest BCUT2D eigenvalue weighted by Gasteiger charge is 2.21. The Hall–Kier alpha value is -2.78. The molecule has 0 amide bonds. The van der Waals surface area contributed by atoms with E-state index in [0.29, 0.717) is 17.1 Å². The van der Waals surface area contributed by atoms with E-state index < -0.39 is 9.84 Å². The third-order valence-corrected chi connectivity index (χ3v) is 5.13. The molecule has 24 heavy (non-hydrogen) atoms. The van der Waals surface area contributed by atoms with E-state index in [4.69, 9.17) is 9.47 Å². The van der Waals surface area contributed by atoms with Crippen LogP contribution in [0.2, 0.25) is 0 Å². The number of ether oxygens (including phenoxy) is 2. The molecule has 0 spiro atoms. The highest BCUT2D eigenvalue weighted by Crippen LogP contribution is 2.33. The number of aryl methyl sites for hydroxylation is 1. The van der Waals surface area contributed by atoms with Gasteiger partial charge in [-0.15, -0.1) is 0 Å². The molecule has 0 aliphatic rings. The first-order valence-corrected chi connectivity index (χ1v) is 8.57. The van der Waals surface area contributed by atoms with Crippen LogP contribution in [-0.2, 0) is 9.84 Å². The van der Waals surface area contributed by atoms with Gasteiger partial charge in [-0.2, -0.15) is 5.26 Å². The number of benzene rings is 2. The average molecular weight is 343 g/mol. The molecule has 2 rings (SSSR count). The molecule has 0 aromatic heterocycles. The highest BCUT2D eigenvalue weighted by molar-refractivity contribution is 7.95. The van der Waals surface area contributed by atoms with Crippen molar-refractivity contribution in [2.45, 2.75) is 11.8 Å². The van der Waals surface area contributed by atoms with Crippen LogP contribution in [0.3, 0.4) is 0 Å². The monoisotopic (exact) mass is 343 g/mol. The molecule has 0 N–H and O–H groups in total. The first-order valence-electron chi connectivity index (χ1n) is 7.08. The quantitative estimate of drug-likeness (QED) is 0.778. The smallest absolute Gasteiger partial charge is 0.216 e. The molecule has 0 bridgehead atoms.